The van der Waals surface area contributed by atoms with E-state index in [2.05, 4.69) is 5.10 Å². The predicted molar refractivity (Wildman–Crippen MR) is 62.3 cm³/mol. The van der Waals surface area contributed by atoms with Gasteiger partial charge in [-0.2, -0.15) is 9.19 Å². The van der Waals surface area contributed by atoms with Gasteiger partial charge in [-0.1, -0.05) is 0 Å². The molecule has 0 unspecified atom stereocenters. The van der Waals surface area contributed by atoms with E-state index in [-0.39, 0.29) is 5.69 Å². The minimum atomic E-state index is -3.43. The summed E-state index contributed by atoms with van der Waals surface area (Å²) in [6, 6.07) is 4.00. The van der Waals surface area contributed by atoms with Crippen molar-refractivity contribution in [2.24, 2.45) is 0 Å². The van der Waals surface area contributed by atoms with Crippen molar-refractivity contribution in [3.05, 3.63) is 36.4 Å². The number of nitrogens with zero attached hydrogens (tertiary/aromatic N) is 2. The lowest BCUT2D eigenvalue weighted by molar-refractivity contribution is 0.586. The van der Waals surface area contributed by atoms with Gasteiger partial charge in [0.2, 0.25) is 0 Å². The second-order valence-electron chi connectivity index (χ2n) is 3.64. The zero-order valence-corrected chi connectivity index (χ0v) is 9.78. The van der Waals surface area contributed by atoms with Crippen molar-refractivity contribution in [2.45, 2.75) is 0 Å². The standard InChI is InChI=1S/C10H10FN3O2S/c1-17(15,16)14-6-8(5-13-14)7-2-9(11)4-10(12)3-7/h2-6H,12H2,1H3. The van der Waals surface area contributed by atoms with Crippen LogP contribution in [0.5, 0.6) is 0 Å². The number of benzene rings is 1. The third kappa shape index (κ3) is 2.44. The van der Waals surface area contributed by atoms with Crippen molar-refractivity contribution in [3.63, 3.8) is 0 Å². The Kier molecular flexibility index (Phi) is 2.62. The molecule has 0 aliphatic heterocycles. The second kappa shape index (κ2) is 3.85. The maximum Gasteiger partial charge on any atom is 0.250 e. The molecule has 5 nitrogen and oxygen atoms in total. The normalized spacial score (nSPS) is 11.6. The van der Waals surface area contributed by atoms with Crippen LogP contribution in [0.2, 0.25) is 0 Å². The van der Waals surface area contributed by atoms with Gasteiger partial charge in [0.05, 0.1) is 18.6 Å². The third-order valence-corrected chi connectivity index (χ3v) is 3.03. The molecule has 0 bridgehead atoms. The summed E-state index contributed by atoms with van der Waals surface area (Å²) in [6.07, 6.45) is 3.68. The van der Waals surface area contributed by atoms with Crippen molar-refractivity contribution >= 4 is 15.7 Å². The number of anilines is 1. The van der Waals surface area contributed by atoms with E-state index < -0.39 is 15.8 Å². The second-order valence-corrected chi connectivity index (χ2v) is 5.48. The number of nitrogen functional groups attached to an aromatic ring is 1. The molecule has 17 heavy (non-hydrogen) atoms. The Bertz CT molecular complexity index is 644. The Labute approximate surface area is 97.7 Å². The third-order valence-electron chi connectivity index (χ3n) is 2.15. The first kappa shape index (κ1) is 11.6. The monoisotopic (exact) mass is 255 g/mol. The summed E-state index contributed by atoms with van der Waals surface area (Å²) in [6.45, 7) is 0. The lowest BCUT2D eigenvalue weighted by atomic mass is 10.1. The van der Waals surface area contributed by atoms with Gasteiger partial charge >= 0.3 is 0 Å². The van der Waals surface area contributed by atoms with Gasteiger partial charge in [-0.05, 0) is 23.8 Å². The van der Waals surface area contributed by atoms with Crippen LogP contribution in [0.25, 0.3) is 11.1 Å². The van der Waals surface area contributed by atoms with E-state index in [0.717, 1.165) is 10.3 Å². The Morgan fingerprint density at radius 1 is 1.29 bits per heavy atom. The number of hydrogen-bond donors (Lipinski definition) is 1. The van der Waals surface area contributed by atoms with Crippen LogP contribution >= 0.6 is 0 Å². The first-order valence-corrected chi connectivity index (χ1v) is 6.53. The zero-order valence-electron chi connectivity index (χ0n) is 8.96. The number of hydrogen-bond acceptors (Lipinski definition) is 4. The summed E-state index contributed by atoms with van der Waals surface area (Å²) < 4.78 is 36.4. The zero-order chi connectivity index (χ0) is 12.6. The van der Waals surface area contributed by atoms with Crippen molar-refractivity contribution in [1.29, 1.82) is 0 Å². The lowest BCUT2D eigenvalue weighted by Crippen LogP contribution is -2.09. The van der Waals surface area contributed by atoms with Gasteiger partial charge in [-0.3, -0.25) is 0 Å². The molecule has 2 aromatic rings. The Morgan fingerprint density at radius 2 is 2.00 bits per heavy atom. The van der Waals surface area contributed by atoms with Crippen molar-refractivity contribution < 1.29 is 12.8 Å². The fourth-order valence-electron chi connectivity index (χ4n) is 1.41. The number of nitrogens with two attached hydrogens (primary N) is 1. The van der Waals surface area contributed by atoms with E-state index in [4.69, 9.17) is 5.73 Å². The molecule has 0 fully saturated rings. The van der Waals surface area contributed by atoms with E-state index in [1.165, 1.54) is 24.5 Å². The van der Waals surface area contributed by atoms with Crippen molar-refractivity contribution in [2.75, 3.05) is 12.0 Å². The largest absolute Gasteiger partial charge is 0.399 e. The molecule has 1 aromatic heterocycles. The highest BCUT2D eigenvalue weighted by atomic mass is 32.2. The molecule has 0 saturated carbocycles. The van der Waals surface area contributed by atoms with Gasteiger partial charge in [0.1, 0.15) is 5.82 Å². The molecular formula is C10H10FN3O2S. The van der Waals surface area contributed by atoms with Gasteiger partial charge in [0.15, 0.2) is 0 Å². The van der Waals surface area contributed by atoms with Crippen LogP contribution < -0.4 is 5.73 Å². The molecule has 1 aromatic carbocycles. The lowest BCUT2D eigenvalue weighted by Gasteiger charge is -2.00. The summed E-state index contributed by atoms with van der Waals surface area (Å²) in [5, 5.41) is 3.69. The summed E-state index contributed by atoms with van der Waals surface area (Å²) in [5.41, 5.74) is 6.75. The SMILES string of the molecule is CS(=O)(=O)n1cc(-c2cc(N)cc(F)c2)cn1. The molecule has 0 aliphatic carbocycles. The van der Waals surface area contributed by atoms with Crippen LogP contribution in [0.4, 0.5) is 10.1 Å². The van der Waals surface area contributed by atoms with E-state index in [1.807, 2.05) is 0 Å². The van der Waals surface area contributed by atoms with Gasteiger partial charge in [0.25, 0.3) is 10.0 Å². The molecule has 0 amide bonds. The quantitative estimate of drug-likeness (QED) is 0.814. The minimum Gasteiger partial charge on any atom is -0.399 e. The molecule has 2 rings (SSSR count). The van der Waals surface area contributed by atoms with Crippen LogP contribution in [0.1, 0.15) is 0 Å². The van der Waals surface area contributed by atoms with Gasteiger partial charge < -0.3 is 5.73 Å². The molecule has 0 saturated heterocycles. The molecule has 0 spiro atoms. The summed E-state index contributed by atoms with van der Waals surface area (Å²) in [7, 11) is -3.43. The highest BCUT2D eigenvalue weighted by Gasteiger charge is 2.09. The fraction of sp³-hybridized carbons (Fsp3) is 0.100. The first-order valence-electron chi connectivity index (χ1n) is 4.68. The predicted octanol–water partition coefficient (Wildman–Crippen LogP) is 1.08. The van der Waals surface area contributed by atoms with Crippen molar-refractivity contribution in [3.8, 4) is 11.1 Å². The van der Waals surface area contributed by atoms with Gasteiger partial charge in [-0.25, -0.2) is 12.8 Å². The summed E-state index contributed by atoms with van der Waals surface area (Å²) >= 11 is 0. The molecule has 1 heterocycles. The smallest absolute Gasteiger partial charge is 0.250 e. The summed E-state index contributed by atoms with van der Waals surface area (Å²) in [5.74, 6) is -0.480. The molecule has 0 aliphatic rings. The van der Waals surface area contributed by atoms with Crippen LogP contribution in [-0.4, -0.2) is 23.9 Å². The number of aromatic nitrogens is 2. The number of rotatable bonds is 2. The average Bonchev–Trinajstić information content (AvgIpc) is 2.63. The van der Waals surface area contributed by atoms with E-state index in [1.54, 1.807) is 6.07 Å². The van der Waals surface area contributed by atoms with Crippen molar-refractivity contribution in [1.82, 2.24) is 9.19 Å². The molecule has 90 valence electrons. The highest BCUT2D eigenvalue weighted by Crippen LogP contribution is 2.22. The fourth-order valence-corrected chi connectivity index (χ4v) is 1.94. The maximum absolute atomic E-state index is 13.1. The van der Waals surface area contributed by atoms with Crippen LogP contribution in [0.3, 0.4) is 0 Å². The van der Waals surface area contributed by atoms with Gasteiger partial charge in [0, 0.05) is 11.3 Å². The first-order chi connectivity index (χ1) is 7.86. The summed E-state index contributed by atoms with van der Waals surface area (Å²) in [4.78, 5) is 0. The molecular weight excluding hydrogens is 245 g/mol. The van der Waals surface area contributed by atoms with Crippen LogP contribution in [0.15, 0.2) is 30.6 Å². The number of halogens is 1. The molecule has 2 N–H and O–H groups in total. The van der Waals surface area contributed by atoms with Gasteiger partial charge in [-0.15, -0.1) is 0 Å². The Balaban J connectivity index is 2.51. The molecule has 0 atom stereocenters. The Morgan fingerprint density at radius 3 is 2.53 bits per heavy atom. The van der Waals surface area contributed by atoms with E-state index >= 15 is 0 Å². The topological polar surface area (TPSA) is 78.0 Å². The molecule has 0 radical (unpaired) electrons. The average molecular weight is 255 g/mol. The van der Waals surface area contributed by atoms with Crippen LogP contribution in [0, 0.1) is 5.82 Å². The highest BCUT2D eigenvalue weighted by molar-refractivity contribution is 7.89. The van der Waals surface area contributed by atoms with Crippen LogP contribution in [-0.2, 0) is 10.0 Å². The minimum absolute atomic E-state index is 0.270. The van der Waals surface area contributed by atoms with E-state index in [0.29, 0.717) is 11.1 Å². The molecule has 7 heteroatoms. The Hall–Kier alpha value is -1.89. The maximum atomic E-state index is 13.1. The van der Waals surface area contributed by atoms with E-state index in [9.17, 15) is 12.8 Å².